The van der Waals surface area contributed by atoms with E-state index in [-0.39, 0.29) is 11.7 Å². The summed E-state index contributed by atoms with van der Waals surface area (Å²) in [6.45, 7) is 4.82. The zero-order valence-electron chi connectivity index (χ0n) is 16.0. The minimum absolute atomic E-state index is 0.0730. The summed E-state index contributed by atoms with van der Waals surface area (Å²) in [7, 11) is 1.62. The number of methoxy groups -OCH3 is 1. The molecule has 150 valence electrons. The van der Waals surface area contributed by atoms with Crippen LogP contribution < -0.4 is 10.1 Å². The number of nitrogens with one attached hydrogen (secondary N) is 1. The molecule has 1 aromatic heterocycles. The van der Waals surface area contributed by atoms with Gasteiger partial charge in [0.1, 0.15) is 5.75 Å². The van der Waals surface area contributed by atoms with E-state index in [2.05, 4.69) is 38.0 Å². The highest BCUT2D eigenvalue weighted by atomic mass is 79.9. The van der Waals surface area contributed by atoms with E-state index in [1.165, 1.54) is 11.8 Å². The Hall–Kier alpha value is -2.58. The van der Waals surface area contributed by atoms with Gasteiger partial charge in [0.25, 0.3) is 0 Å². The molecule has 0 saturated carbocycles. The molecule has 0 fully saturated rings. The number of hydrogen-bond donors (Lipinski definition) is 1. The van der Waals surface area contributed by atoms with Gasteiger partial charge in [-0.05, 0) is 29.8 Å². The van der Waals surface area contributed by atoms with E-state index in [9.17, 15) is 4.79 Å². The number of hydrogen-bond acceptors (Lipinski definition) is 5. The molecule has 29 heavy (non-hydrogen) atoms. The van der Waals surface area contributed by atoms with Crippen LogP contribution in [-0.4, -0.2) is 33.5 Å². The van der Waals surface area contributed by atoms with Crippen molar-refractivity contribution in [2.75, 3.05) is 12.9 Å². The molecule has 2 aromatic carbocycles. The largest absolute Gasteiger partial charge is 0.497 e. The topological polar surface area (TPSA) is 69.0 Å². The summed E-state index contributed by atoms with van der Waals surface area (Å²) in [5, 5.41) is 12.2. The molecule has 0 saturated heterocycles. The van der Waals surface area contributed by atoms with Gasteiger partial charge in [-0.15, -0.1) is 16.8 Å². The second-order valence-corrected chi connectivity index (χ2v) is 7.99. The van der Waals surface area contributed by atoms with E-state index in [1.54, 1.807) is 13.2 Å². The molecular formula is C21H21BrN4O2S. The summed E-state index contributed by atoms with van der Waals surface area (Å²) < 4.78 is 8.16. The van der Waals surface area contributed by atoms with Gasteiger partial charge in [-0.25, -0.2) is 0 Å². The van der Waals surface area contributed by atoms with E-state index < -0.39 is 0 Å². The van der Waals surface area contributed by atoms with Gasteiger partial charge in [-0.1, -0.05) is 58.0 Å². The lowest BCUT2D eigenvalue weighted by Crippen LogP contribution is -2.24. The predicted octanol–water partition coefficient (Wildman–Crippen LogP) is 4.31. The molecular weight excluding hydrogens is 452 g/mol. The van der Waals surface area contributed by atoms with Crippen LogP contribution in [-0.2, 0) is 17.9 Å². The standard InChI is InChI=1S/C21H21BrN4O2S/c1-3-11-26-20(16-7-9-17(22)10-8-16)24-25-21(26)29-14-19(27)23-13-15-5-4-6-18(12-15)28-2/h3-10,12H,1,11,13-14H2,2H3,(H,23,27). The Kier molecular flexibility index (Phi) is 7.48. The number of amides is 1. The van der Waals surface area contributed by atoms with Crippen LogP contribution in [0.25, 0.3) is 11.4 Å². The molecule has 3 rings (SSSR count). The SMILES string of the molecule is C=CCn1c(SCC(=O)NCc2cccc(OC)c2)nnc1-c1ccc(Br)cc1. The van der Waals surface area contributed by atoms with E-state index in [0.29, 0.717) is 18.2 Å². The molecule has 1 N–H and O–H groups in total. The average Bonchev–Trinajstić information content (AvgIpc) is 3.14. The molecule has 0 spiro atoms. The second kappa shape index (κ2) is 10.3. The maximum absolute atomic E-state index is 12.3. The van der Waals surface area contributed by atoms with Crippen molar-refractivity contribution in [2.45, 2.75) is 18.2 Å². The minimum atomic E-state index is -0.0730. The molecule has 1 amide bonds. The summed E-state index contributed by atoms with van der Waals surface area (Å²) in [5.74, 6) is 1.69. The summed E-state index contributed by atoms with van der Waals surface area (Å²) in [5.41, 5.74) is 1.94. The second-order valence-electron chi connectivity index (χ2n) is 6.13. The van der Waals surface area contributed by atoms with Gasteiger partial charge in [-0.2, -0.15) is 0 Å². The smallest absolute Gasteiger partial charge is 0.230 e. The van der Waals surface area contributed by atoms with Crippen LogP contribution in [0.15, 0.2) is 70.8 Å². The van der Waals surface area contributed by atoms with Gasteiger partial charge < -0.3 is 10.1 Å². The summed E-state index contributed by atoms with van der Waals surface area (Å²) in [6.07, 6.45) is 1.79. The number of allylic oxidation sites excluding steroid dienone is 1. The monoisotopic (exact) mass is 472 g/mol. The Bertz CT molecular complexity index is 989. The molecule has 3 aromatic rings. The van der Waals surface area contributed by atoms with Gasteiger partial charge in [0.2, 0.25) is 5.91 Å². The summed E-state index contributed by atoms with van der Waals surface area (Å²) >= 11 is 4.79. The maximum Gasteiger partial charge on any atom is 0.230 e. The lowest BCUT2D eigenvalue weighted by atomic mass is 10.2. The third-order valence-corrected chi connectivity index (χ3v) is 5.58. The lowest BCUT2D eigenvalue weighted by molar-refractivity contribution is -0.118. The fraction of sp³-hybridized carbons (Fsp3) is 0.190. The Labute approximate surface area is 182 Å². The van der Waals surface area contributed by atoms with Crippen LogP contribution in [0, 0.1) is 0 Å². The third-order valence-electron chi connectivity index (χ3n) is 4.09. The minimum Gasteiger partial charge on any atom is -0.497 e. The number of halogens is 1. The quantitative estimate of drug-likeness (QED) is 0.371. The zero-order chi connectivity index (χ0) is 20.6. The van der Waals surface area contributed by atoms with E-state index in [1.807, 2.05) is 53.1 Å². The molecule has 0 radical (unpaired) electrons. The average molecular weight is 473 g/mol. The first kappa shape index (κ1) is 21.1. The van der Waals surface area contributed by atoms with Crippen molar-refractivity contribution in [2.24, 2.45) is 0 Å². The van der Waals surface area contributed by atoms with Gasteiger partial charge in [-0.3, -0.25) is 9.36 Å². The van der Waals surface area contributed by atoms with Crippen LogP contribution in [0.2, 0.25) is 0 Å². The fourth-order valence-electron chi connectivity index (χ4n) is 2.67. The van der Waals surface area contributed by atoms with Crippen LogP contribution in [0.3, 0.4) is 0 Å². The first-order chi connectivity index (χ1) is 14.1. The molecule has 0 aliphatic carbocycles. The third kappa shape index (κ3) is 5.71. The predicted molar refractivity (Wildman–Crippen MR) is 119 cm³/mol. The van der Waals surface area contributed by atoms with E-state index >= 15 is 0 Å². The van der Waals surface area contributed by atoms with Gasteiger partial charge >= 0.3 is 0 Å². The van der Waals surface area contributed by atoms with Crippen molar-refractivity contribution in [3.05, 3.63) is 71.2 Å². The lowest BCUT2D eigenvalue weighted by Gasteiger charge is -2.09. The highest BCUT2D eigenvalue weighted by Crippen LogP contribution is 2.25. The Morgan fingerprint density at radius 2 is 2.07 bits per heavy atom. The molecule has 0 aliphatic heterocycles. The molecule has 8 heteroatoms. The highest BCUT2D eigenvalue weighted by molar-refractivity contribution is 9.10. The van der Waals surface area contributed by atoms with E-state index in [4.69, 9.17) is 4.74 Å². The van der Waals surface area contributed by atoms with E-state index in [0.717, 1.165) is 27.2 Å². The molecule has 1 heterocycles. The van der Waals surface area contributed by atoms with Crippen molar-refractivity contribution < 1.29 is 9.53 Å². The van der Waals surface area contributed by atoms with Gasteiger partial charge in [0, 0.05) is 23.1 Å². The Balaban J connectivity index is 1.63. The Morgan fingerprint density at radius 1 is 1.28 bits per heavy atom. The summed E-state index contributed by atoms with van der Waals surface area (Å²) in [4.78, 5) is 12.3. The van der Waals surface area contributed by atoms with Crippen molar-refractivity contribution in [3.63, 3.8) is 0 Å². The maximum atomic E-state index is 12.3. The van der Waals surface area contributed by atoms with Gasteiger partial charge in [0.15, 0.2) is 11.0 Å². The van der Waals surface area contributed by atoms with Crippen molar-refractivity contribution in [1.82, 2.24) is 20.1 Å². The number of aromatic nitrogens is 3. The summed E-state index contributed by atoms with van der Waals surface area (Å²) in [6, 6.07) is 15.5. The zero-order valence-corrected chi connectivity index (χ0v) is 18.4. The van der Waals surface area contributed by atoms with Crippen molar-refractivity contribution >= 4 is 33.6 Å². The normalized spacial score (nSPS) is 10.6. The van der Waals surface area contributed by atoms with Crippen LogP contribution in [0.1, 0.15) is 5.56 Å². The van der Waals surface area contributed by atoms with Crippen molar-refractivity contribution in [3.8, 4) is 17.1 Å². The first-order valence-electron chi connectivity index (χ1n) is 8.93. The number of carbonyl (C=O) groups is 1. The fourth-order valence-corrected chi connectivity index (χ4v) is 3.71. The van der Waals surface area contributed by atoms with Crippen molar-refractivity contribution in [1.29, 1.82) is 0 Å². The van der Waals surface area contributed by atoms with Crippen LogP contribution in [0.4, 0.5) is 0 Å². The molecule has 0 unspecified atom stereocenters. The molecule has 6 nitrogen and oxygen atoms in total. The number of benzene rings is 2. The highest BCUT2D eigenvalue weighted by Gasteiger charge is 2.15. The number of carbonyl (C=O) groups excluding carboxylic acids is 1. The van der Waals surface area contributed by atoms with Crippen LogP contribution in [0.5, 0.6) is 5.75 Å². The molecule has 0 atom stereocenters. The number of rotatable bonds is 9. The number of ether oxygens (including phenoxy) is 1. The first-order valence-corrected chi connectivity index (χ1v) is 10.7. The van der Waals surface area contributed by atoms with Gasteiger partial charge in [0.05, 0.1) is 12.9 Å². The Morgan fingerprint density at radius 3 is 2.79 bits per heavy atom. The van der Waals surface area contributed by atoms with Crippen LogP contribution >= 0.6 is 27.7 Å². The molecule has 0 aliphatic rings. The number of nitrogens with zero attached hydrogens (tertiary/aromatic N) is 3. The number of thioether (sulfide) groups is 1. The molecule has 0 bridgehead atoms.